The van der Waals surface area contributed by atoms with Crippen molar-refractivity contribution in [3.05, 3.63) is 12.2 Å². The number of nitrogens with two attached hydrogens (primary N) is 1. The van der Waals surface area contributed by atoms with E-state index in [9.17, 15) is 0 Å². The topological polar surface area (TPSA) is 44.5 Å². The Labute approximate surface area is 99.9 Å². The summed E-state index contributed by atoms with van der Waals surface area (Å²) in [4.78, 5) is 4.47. The number of hydrogen-bond donors (Lipinski definition) is 1. The second-order valence-corrected chi connectivity index (χ2v) is 5.59. The van der Waals surface area contributed by atoms with Crippen LogP contribution in [-0.4, -0.2) is 12.4 Å². The van der Waals surface area contributed by atoms with Gasteiger partial charge in [-0.3, -0.25) is 4.84 Å². The van der Waals surface area contributed by atoms with E-state index in [2.05, 4.69) is 46.0 Å². The van der Waals surface area contributed by atoms with Gasteiger partial charge in [0.25, 0.3) is 0 Å². The molecule has 0 spiro atoms. The molecule has 0 aromatic rings. The molecule has 0 aliphatic carbocycles. The Morgan fingerprint density at radius 1 is 1.25 bits per heavy atom. The fourth-order valence-corrected chi connectivity index (χ4v) is 1.32. The van der Waals surface area contributed by atoms with Gasteiger partial charge in [0.05, 0.1) is 5.60 Å². The van der Waals surface area contributed by atoms with Gasteiger partial charge in [0.2, 0.25) is 0 Å². The van der Waals surface area contributed by atoms with Crippen LogP contribution in [0.2, 0.25) is 0 Å². The third kappa shape index (κ3) is 5.64. The molecular formula is C13H27NO2. The summed E-state index contributed by atoms with van der Waals surface area (Å²) in [5, 5.41) is 0. The quantitative estimate of drug-likeness (QED) is 0.413. The highest BCUT2D eigenvalue weighted by atomic mass is 16.7. The van der Waals surface area contributed by atoms with Crippen LogP contribution < -0.4 is 5.90 Å². The minimum absolute atomic E-state index is 0.145. The monoisotopic (exact) mass is 229 g/mol. The number of allylic oxidation sites excluding steroid dienone is 1. The summed E-state index contributed by atoms with van der Waals surface area (Å²) >= 11 is 0. The van der Waals surface area contributed by atoms with E-state index in [1.807, 2.05) is 0 Å². The molecule has 0 unspecified atom stereocenters. The van der Waals surface area contributed by atoms with Crippen molar-refractivity contribution in [3.8, 4) is 0 Å². The van der Waals surface area contributed by atoms with Crippen LogP contribution in [0.4, 0.5) is 0 Å². The lowest BCUT2D eigenvalue weighted by molar-refractivity contribution is -0.141. The highest BCUT2D eigenvalue weighted by molar-refractivity contribution is 5.05. The van der Waals surface area contributed by atoms with E-state index < -0.39 is 0 Å². The van der Waals surface area contributed by atoms with Crippen molar-refractivity contribution in [2.24, 2.45) is 11.3 Å². The Hall–Kier alpha value is -0.380. The molecule has 3 nitrogen and oxygen atoms in total. The molecule has 16 heavy (non-hydrogen) atoms. The van der Waals surface area contributed by atoms with Crippen LogP contribution in [0.1, 0.15) is 53.9 Å². The first kappa shape index (κ1) is 15.6. The van der Waals surface area contributed by atoms with Gasteiger partial charge in [-0.2, -0.15) is 0 Å². The summed E-state index contributed by atoms with van der Waals surface area (Å²) < 4.78 is 5.60. The van der Waals surface area contributed by atoms with Gasteiger partial charge in [0.15, 0.2) is 6.79 Å². The van der Waals surface area contributed by atoms with Gasteiger partial charge in [-0.15, -0.1) is 0 Å². The Kier molecular flexibility index (Phi) is 6.23. The van der Waals surface area contributed by atoms with Crippen LogP contribution in [-0.2, 0) is 9.57 Å². The molecule has 3 heteroatoms. The molecule has 0 bridgehead atoms. The fourth-order valence-electron chi connectivity index (χ4n) is 1.32. The number of hydrogen-bond acceptors (Lipinski definition) is 3. The van der Waals surface area contributed by atoms with Crippen LogP contribution in [0, 0.1) is 5.41 Å². The van der Waals surface area contributed by atoms with Crippen molar-refractivity contribution >= 4 is 0 Å². The lowest BCUT2D eigenvalue weighted by Gasteiger charge is -2.30. The lowest BCUT2D eigenvalue weighted by Crippen LogP contribution is -2.30. The molecule has 2 N–H and O–H groups in total. The van der Waals surface area contributed by atoms with Crippen molar-refractivity contribution < 1.29 is 9.57 Å². The van der Waals surface area contributed by atoms with Crippen LogP contribution in [0.3, 0.4) is 0 Å². The molecular weight excluding hydrogens is 202 g/mol. The Bertz CT molecular complexity index is 220. The maximum absolute atomic E-state index is 5.60. The molecule has 0 saturated heterocycles. The Morgan fingerprint density at radius 3 is 2.19 bits per heavy atom. The second kappa shape index (κ2) is 6.38. The molecule has 0 aromatic carbocycles. The van der Waals surface area contributed by atoms with E-state index in [0.717, 1.165) is 19.3 Å². The largest absolute Gasteiger partial charge is 0.347 e. The first-order chi connectivity index (χ1) is 7.25. The molecule has 1 atom stereocenters. The molecule has 0 amide bonds. The van der Waals surface area contributed by atoms with Crippen LogP contribution in [0.15, 0.2) is 12.2 Å². The summed E-state index contributed by atoms with van der Waals surface area (Å²) in [6.45, 7) is 15.0. The predicted octanol–water partition coefficient (Wildman–Crippen LogP) is 3.40. The Morgan fingerprint density at radius 2 is 1.81 bits per heavy atom. The third-order valence-electron chi connectivity index (χ3n) is 3.24. The molecule has 0 aliphatic heterocycles. The number of rotatable bonds is 7. The molecule has 0 heterocycles. The van der Waals surface area contributed by atoms with Gasteiger partial charge in [-0.05, 0) is 31.6 Å². The predicted molar refractivity (Wildman–Crippen MR) is 67.7 cm³/mol. The van der Waals surface area contributed by atoms with Crippen molar-refractivity contribution in [2.45, 2.75) is 59.5 Å². The first-order valence-corrected chi connectivity index (χ1v) is 5.89. The standard InChI is InChI=1S/C13H27NO2/c1-7-13(6,15-10-16-14)9-8-11(2)12(3,4)5/h2,7-10,14H2,1,3-6H3/t13-/m0/s1. The van der Waals surface area contributed by atoms with Crippen LogP contribution in [0.25, 0.3) is 0 Å². The fraction of sp³-hybridized carbons (Fsp3) is 0.846. The highest BCUT2D eigenvalue weighted by Crippen LogP contribution is 2.31. The average molecular weight is 229 g/mol. The van der Waals surface area contributed by atoms with Gasteiger partial charge in [-0.25, -0.2) is 5.90 Å². The Balaban J connectivity index is 4.18. The van der Waals surface area contributed by atoms with Gasteiger partial charge < -0.3 is 4.74 Å². The molecule has 0 fully saturated rings. The SMILES string of the molecule is C=C(CC[C@](C)(CC)OCON)C(C)(C)C. The third-order valence-corrected chi connectivity index (χ3v) is 3.24. The lowest BCUT2D eigenvalue weighted by atomic mass is 9.82. The number of ether oxygens (including phenoxy) is 1. The summed E-state index contributed by atoms with van der Waals surface area (Å²) in [6, 6.07) is 0. The molecule has 0 saturated carbocycles. The molecule has 0 aromatic heterocycles. The summed E-state index contributed by atoms with van der Waals surface area (Å²) in [5.41, 5.74) is 1.25. The van der Waals surface area contributed by atoms with E-state index in [0.29, 0.717) is 0 Å². The van der Waals surface area contributed by atoms with Gasteiger partial charge >= 0.3 is 0 Å². The van der Waals surface area contributed by atoms with Crippen LogP contribution >= 0.6 is 0 Å². The first-order valence-electron chi connectivity index (χ1n) is 5.89. The van der Waals surface area contributed by atoms with E-state index in [1.54, 1.807) is 0 Å². The summed E-state index contributed by atoms with van der Waals surface area (Å²) in [7, 11) is 0. The van der Waals surface area contributed by atoms with Crippen LogP contribution in [0.5, 0.6) is 0 Å². The summed E-state index contributed by atoms with van der Waals surface area (Å²) in [5.74, 6) is 4.97. The van der Waals surface area contributed by atoms with Crippen molar-refractivity contribution in [2.75, 3.05) is 6.79 Å². The molecule has 96 valence electrons. The van der Waals surface area contributed by atoms with E-state index in [-0.39, 0.29) is 17.8 Å². The molecule has 0 aliphatic rings. The zero-order valence-corrected chi connectivity index (χ0v) is 11.4. The highest BCUT2D eigenvalue weighted by Gasteiger charge is 2.25. The van der Waals surface area contributed by atoms with E-state index in [1.165, 1.54) is 5.57 Å². The minimum Gasteiger partial charge on any atom is -0.347 e. The minimum atomic E-state index is -0.173. The molecule has 0 radical (unpaired) electrons. The van der Waals surface area contributed by atoms with Gasteiger partial charge in [0.1, 0.15) is 0 Å². The van der Waals surface area contributed by atoms with Crippen molar-refractivity contribution in [1.29, 1.82) is 0 Å². The van der Waals surface area contributed by atoms with E-state index in [4.69, 9.17) is 10.6 Å². The van der Waals surface area contributed by atoms with E-state index >= 15 is 0 Å². The maximum Gasteiger partial charge on any atom is 0.167 e. The van der Waals surface area contributed by atoms with Gasteiger partial charge in [0, 0.05) is 0 Å². The molecule has 0 rings (SSSR count). The maximum atomic E-state index is 5.60. The zero-order valence-electron chi connectivity index (χ0n) is 11.4. The summed E-state index contributed by atoms with van der Waals surface area (Å²) in [6.07, 6.45) is 2.86. The van der Waals surface area contributed by atoms with Gasteiger partial charge in [-0.1, -0.05) is 39.8 Å². The second-order valence-electron chi connectivity index (χ2n) is 5.59. The normalized spacial score (nSPS) is 15.9. The van der Waals surface area contributed by atoms with Crippen molar-refractivity contribution in [1.82, 2.24) is 0 Å². The zero-order chi connectivity index (χ0) is 12.8. The smallest absolute Gasteiger partial charge is 0.167 e. The van der Waals surface area contributed by atoms with Crippen molar-refractivity contribution in [3.63, 3.8) is 0 Å². The average Bonchev–Trinajstić information content (AvgIpc) is 2.21.